The summed E-state index contributed by atoms with van der Waals surface area (Å²) < 4.78 is 0.979. The van der Waals surface area contributed by atoms with E-state index in [1.165, 1.54) is 0 Å². The number of hydrogen-bond donors (Lipinski definition) is 2. The van der Waals surface area contributed by atoms with Crippen molar-refractivity contribution in [2.24, 2.45) is 5.73 Å². The Kier molecular flexibility index (Phi) is 4.10. The first-order valence-electron chi connectivity index (χ1n) is 4.31. The van der Waals surface area contributed by atoms with Crippen LogP contribution in [0.15, 0.2) is 28.7 Å². The van der Waals surface area contributed by atoms with Crippen molar-refractivity contribution in [3.05, 3.63) is 34.3 Å². The zero-order valence-corrected chi connectivity index (χ0v) is 9.20. The number of halogens is 1. The maximum Gasteiger partial charge on any atom is 0.304 e. The van der Waals surface area contributed by atoms with E-state index in [2.05, 4.69) is 15.9 Å². The fourth-order valence-corrected chi connectivity index (χ4v) is 1.55. The van der Waals surface area contributed by atoms with Gasteiger partial charge in [-0.1, -0.05) is 28.1 Å². The lowest BCUT2D eigenvalue weighted by molar-refractivity contribution is -0.137. The van der Waals surface area contributed by atoms with Crippen molar-refractivity contribution >= 4 is 21.9 Å². The third-order valence-corrected chi connectivity index (χ3v) is 2.58. The van der Waals surface area contributed by atoms with Crippen LogP contribution in [0.4, 0.5) is 0 Å². The zero-order chi connectivity index (χ0) is 10.6. The molecule has 0 aliphatic heterocycles. The molecule has 0 spiro atoms. The summed E-state index contributed by atoms with van der Waals surface area (Å²) in [6.07, 6.45) is 0.0815. The molecular weight excluding hydrogens is 246 g/mol. The van der Waals surface area contributed by atoms with Gasteiger partial charge in [-0.3, -0.25) is 4.79 Å². The highest BCUT2D eigenvalue weighted by atomic mass is 79.9. The molecule has 0 saturated carbocycles. The van der Waals surface area contributed by atoms with Gasteiger partial charge < -0.3 is 10.8 Å². The van der Waals surface area contributed by atoms with Crippen LogP contribution in [0.3, 0.4) is 0 Å². The zero-order valence-electron chi connectivity index (χ0n) is 7.61. The predicted octanol–water partition coefficient (Wildman–Crippen LogP) is 1.97. The Morgan fingerprint density at radius 3 is 2.43 bits per heavy atom. The average molecular weight is 258 g/mol. The number of carbonyl (C=O) groups is 1. The van der Waals surface area contributed by atoms with Gasteiger partial charge in [0.25, 0.3) is 0 Å². The smallest absolute Gasteiger partial charge is 0.304 e. The average Bonchev–Trinajstić information content (AvgIpc) is 2.15. The van der Waals surface area contributed by atoms with Gasteiger partial charge in [0.15, 0.2) is 0 Å². The van der Waals surface area contributed by atoms with Gasteiger partial charge in [0, 0.05) is 10.4 Å². The molecule has 0 unspecified atom stereocenters. The van der Waals surface area contributed by atoms with Gasteiger partial charge in [0.2, 0.25) is 0 Å². The summed E-state index contributed by atoms with van der Waals surface area (Å²) >= 11 is 3.32. The molecule has 0 aliphatic rings. The lowest BCUT2D eigenvalue weighted by Crippen LogP contribution is -2.16. The molecule has 0 aliphatic carbocycles. The van der Waals surface area contributed by atoms with Gasteiger partial charge in [-0.05, 0) is 24.2 Å². The van der Waals surface area contributed by atoms with Crippen molar-refractivity contribution in [1.29, 1.82) is 0 Å². The number of carboxylic acid groups (broad SMARTS) is 1. The number of benzene rings is 1. The van der Waals surface area contributed by atoms with Crippen molar-refractivity contribution < 1.29 is 9.90 Å². The van der Waals surface area contributed by atoms with E-state index in [0.717, 1.165) is 10.0 Å². The first-order valence-corrected chi connectivity index (χ1v) is 5.10. The largest absolute Gasteiger partial charge is 0.481 e. The molecule has 1 atom stereocenters. The van der Waals surface area contributed by atoms with Gasteiger partial charge in [0.05, 0.1) is 6.42 Å². The molecule has 1 aromatic carbocycles. The monoisotopic (exact) mass is 257 g/mol. The molecule has 1 aromatic rings. The minimum atomic E-state index is -0.816. The summed E-state index contributed by atoms with van der Waals surface area (Å²) in [7, 11) is 0. The molecular formula is C10H12BrNO2. The SMILES string of the molecule is NC[C@H](CC(=O)O)c1ccc(Br)cc1. The molecule has 0 bridgehead atoms. The van der Waals surface area contributed by atoms with Crippen LogP contribution in [0.25, 0.3) is 0 Å². The van der Waals surface area contributed by atoms with E-state index in [-0.39, 0.29) is 12.3 Å². The third-order valence-electron chi connectivity index (χ3n) is 2.05. The molecule has 0 fully saturated rings. The normalized spacial score (nSPS) is 12.4. The van der Waals surface area contributed by atoms with Crippen molar-refractivity contribution in [2.45, 2.75) is 12.3 Å². The highest BCUT2D eigenvalue weighted by molar-refractivity contribution is 9.10. The Balaban J connectivity index is 2.78. The minimum Gasteiger partial charge on any atom is -0.481 e. The van der Waals surface area contributed by atoms with Crippen LogP contribution >= 0.6 is 15.9 Å². The standard InChI is InChI=1S/C10H12BrNO2/c11-9-3-1-7(2-4-9)8(6-12)5-10(13)14/h1-4,8H,5-6,12H2,(H,13,14)/t8-/m0/s1. The van der Waals surface area contributed by atoms with Crippen molar-refractivity contribution in [1.82, 2.24) is 0 Å². The van der Waals surface area contributed by atoms with Crippen LogP contribution in [-0.2, 0) is 4.79 Å². The molecule has 1 rings (SSSR count). The highest BCUT2D eigenvalue weighted by Crippen LogP contribution is 2.20. The van der Waals surface area contributed by atoms with Crippen LogP contribution in [0.5, 0.6) is 0 Å². The molecule has 0 radical (unpaired) electrons. The molecule has 0 amide bonds. The maximum absolute atomic E-state index is 10.5. The maximum atomic E-state index is 10.5. The highest BCUT2D eigenvalue weighted by Gasteiger charge is 2.13. The summed E-state index contributed by atoms with van der Waals surface area (Å²) in [5, 5.41) is 8.67. The summed E-state index contributed by atoms with van der Waals surface area (Å²) in [5.41, 5.74) is 6.49. The third kappa shape index (κ3) is 3.12. The number of rotatable bonds is 4. The number of aliphatic carboxylic acids is 1. The summed E-state index contributed by atoms with van der Waals surface area (Å²) in [4.78, 5) is 10.5. The van der Waals surface area contributed by atoms with Gasteiger partial charge >= 0.3 is 5.97 Å². The van der Waals surface area contributed by atoms with Crippen LogP contribution in [0, 0.1) is 0 Å². The van der Waals surface area contributed by atoms with Crippen LogP contribution < -0.4 is 5.73 Å². The van der Waals surface area contributed by atoms with E-state index in [1.54, 1.807) is 0 Å². The van der Waals surface area contributed by atoms with Crippen LogP contribution in [0.2, 0.25) is 0 Å². The first-order chi connectivity index (χ1) is 6.63. The minimum absolute atomic E-state index is 0.0815. The summed E-state index contributed by atoms with van der Waals surface area (Å²) in [6.45, 7) is 0.355. The molecule has 76 valence electrons. The second-order valence-electron chi connectivity index (χ2n) is 3.08. The molecule has 0 aromatic heterocycles. The van der Waals surface area contributed by atoms with E-state index in [1.807, 2.05) is 24.3 Å². The Morgan fingerprint density at radius 1 is 1.43 bits per heavy atom. The first kappa shape index (κ1) is 11.2. The summed E-state index contributed by atoms with van der Waals surface area (Å²) in [5.74, 6) is -0.913. The van der Waals surface area contributed by atoms with Gasteiger partial charge in [-0.25, -0.2) is 0 Å². The Hall–Kier alpha value is -0.870. The van der Waals surface area contributed by atoms with E-state index in [9.17, 15) is 4.79 Å². The summed E-state index contributed by atoms with van der Waals surface area (Å²) in [6, 6.07) is 7.56. The van der Waals surface area contributed by atoms with E-state index in [4.69, 9.17) is 10.8 Å². The fraction of sp³-hybridized carbons (Fsp3) is 0.300. The van der Waals surface area contributed by atoms with Gasteiger partial charge in [-0.15, -0.1) is 0 Å². The molecule has 0 saturated heterocycles. The molecule has 0 heterocycles. The lowest BCUT2D eigenvalue weighted by Gasteiger charge is -2.12. The second kappa shape index (κ2) is 5.12. The van der Waals surface area contributed by atoms with Crippen molar-refractivity contribution in [3.63, 3.8) is 0 Å². The second-order valence-corrected chi connectivity index (χ2v) is 4.00. The Labute approximate surface area is 91.1 Å². The topological polar surface area (TPSA) is 63.3 Å². The molecule has 4 heteroatoms. The number of nitrogens with two attached hydrogens (primary N) is 1. The Bertz CT molecular complexity index is 310. The molecule has 14 heavy (non-hydrogen) atoms. The van der Waals surface area contributed by atoms with E-state index < -0.39 is 5.97 Å². The lowest BCUT2D eigenvalue weighted by atomic mass is 9.96. The van der Waals surface area contributed by atoms with Crippen LogP contribution in [-0.4, -0.2) is 17.6 Å². The number of hydrogen-bond acceptors (Lipinski definition) is 2. The predicted molar refractivity (Wildman–Crippen MR) is 58.2 cm³/mol. The quantitative estimate of drug-likeness (QED) is 0.867. The van der Waals surface area contributed by atoms with Crippen molar-refractivity contribution in [3.8, 4) is 0 Å². The van der Waals surface area contributed by atoms with Crippen LogP contribution in [0.1, 0.15) is 17.9 Å². The fourth-order valence-electron chi connectivity index (χ4n) is 1.28. The number of carboxylic acids is 1. The van der Waals surface area contributed by atoms with E-state index >= 15 is 0 Å². The van der Waals surface area contributed by atoms with E-state index in [0.29, 0.717) is 6.54 Å². The van der Waals surface area contributed by atoms with Gasteiger partial charge in [0.1, 0.15) is 0 Å². The van der Waals surface area contributed by atoms with Gasteiger partial charge in [-0.2, -0.15) is 0 Å². The Morgan fingerprint density at radius 2 is 2.00 bits per heavy atom. The molecule has 3 nitrogen and oxygen atoms in total. The van der Waals surface area contributed by atoms with Crippen molar-refractivity contribution in [2.75, 3.05) is 6.54 Å². The molecule has 3 N–H and O–H groups in total.